The first-order valence-electron chi connectivity index (χ1n) is 6.84. The smallest absolute Gasteiger partial charge is 0.336 e. The van der Waals surface area contributed by atoms with E-state index in [2.05, 4.69) is 0 Å². The van der Waals surface area contributed by atoms with E-state index in [1.54, 1.807) is 43.5 Å². The summed E-state index contributed by atoms with van der Waals surface area (Å²) in [5.41, 5.74) is 1.03. The molecule has 0 amide bonds. The zero-order valence-electron chi connectivity index (χ0n) is 12.8. The molecule has 2 aromatic rings. The summed E-state index contributed by atoms with van der Waals surface area (Å²) in [6.07, 6.45) is 3.48. The van der Waals surface area contributed by atoms with Gasteiger partial charge in [-0.25, -0.2) is 4.79 Å². The van der Waals surface area contributed by atoms with Crippen LogP contribution in [0.2, 0.25) is 0 Å². The number of rotatable bonds is 6. The van der Waals surface area contributed by atoms with E-state index in [0.29, 0.717) is 17.8 Å². The number of methoxy groups -OCH3 is 2. The summed E-state index contributed by atoms with van der Waals surface area (Å²) in [5.74, 6) is 0.497. The van der Waals surface area contributed by atoms with Crippen molar-refractivity contribution in [2.24, 2.45) is 0 Å². The van der Waals surface area contributed by atoms with Gasteiger partial charge in [-0.05, 0) is 35.9 Å². The molecule has 2 rings (SSSR count). The van der Waals surface area contributed by atoms with Gasteiger partial charge in [0.2, 0.25) is 0 Å². The van der Waals surface area contributed by atoms with E-state index in [-0.39, 0.29) is 11.3 Å². The van der Waals surface area contributed by atoms with Crippen LogP contribution in [0.15, 0.2) is 48.5 Å². The fourth-order valence-corrected chi connectivity index (χ4v) is 1.94. The number of hydrogen-bond acceptors (Lipinski definition) is 5. The van der Waals surface area contributed by atoms with Gasteiger partial charge in [-0.15, -0.1) is 0 Å². The summed E-state index contributed by atoms with van der Waals surface area (Å²) in [4.78, 5) is 23.0. The highest BCUT2D eigenvalue weighted by Crippen LogP contribution is 2.30. The monoisotopic (exact) mass is 312 g/mol. The summed E-state index contributed by atoms with van der Waals surface area (Å²) < 4.78 is 15.4. The third-order valence-corrected chi connectivity index (χ3v) is 3.06. The molecule has 0 fully saturated rings. The Morgan fingerprint density at radius 3 is 2.52 bits per heavy atom. The maximum atomic E-state index is 12.0. The molecule has 0 atom stereocenters. The van der Waals surface area contributed by atoms with Crippen LogP contribution in [-0.2, 0) is 4.79 Å². The molecule has 0 aliphatic rings. The molecular formula is C18H16O5. The third kappa shape index (κ3) is 4.20. The molecule has 2 aromatic carbocycles. The van der Waals surface area contributed by atoms with E-state index in [1.807, 2.05) is 12.1 Å². The highest BCUT2D eigenvalue weighted by molar-refractivity contribution is 5.91. The number of hydrogen-bond donors (Lipinski definition) is 0. The minimum atomic E-state index is -0.611. The lowest BCUT2D eigenvalue weighted by Gasteiger charge is -2.09. The van der Waals surface area contributed by atoms with Gasteiger partial charge in [-0.3, -0.25) is 4.79 Å². The molecule has 118 valence electrons. The van der Waals surface area contributed by atoms with Crippen molar-refractivity contribution in [3.8, 4) is 17.2 Å². The maximum Gasteiger partial charge on any atom is 0.336 e. The lowest BCUT2D eigenvalue weighted by molar-refractivity contribution is -0.129. The Labute approximate surface area is 134 Å². The third-order valence-electron chi connectivity index (χ3n) is 3.06. The first kappa shape index (κ1) is 16.3. The van der Waals surface area contributed by atoms with Crippen LogP contribution >= 0.6 is 0 Å². The van der Waals surface area contributed by atoms with Gasteiger partial charge in [-0.1, -0.05) is 18.2 Å². The second kappa shape index (κ2) is 7.79. The highest BCUT2D eigenvalue weighted by atomic mass is 16.6. The predicted molar refractivity (Wildman–Crippen MR) is 86.0 cm³/mol. The van der Waals surface area contributed by atoms with Gasteiger partial charge < -0.3 is 14.2 Å². The molecule has 0 aromatic heterocycles. The molecule has 0 heterocycles. The summed E-state index contributed by atoms with van der Waals surface area (Å²) >= 11 is 0. The van der Waals surface area contributed by atoms with Crippen LogP contribution in [0.3, 0.4) is 0 Å². The number of carbonyl (C=O) groups excluding carboxylic acids is 2. The van der Waals surface area contributed by atoms with Gasteiger partial charge in [-0.2, -0.15) is 0 Å². The van der Waals surface area contributed by atoms with Crippen molar-refractivity contribution in [2.75, 3.05) is 14.2 Å². The zero-order valence-corrected chi connectivity index (χ0v) is 12.8. The van der Waals surface area contributed by atoms with Crippen molar-refractivity contribution >= 4 is 18.3 Å². The molecular weight excluding hydrogens is 296 g/mol. The van der Waals surface area contributed by atoms with Gasteiger partial charge in [0.05, 0.1) is 19.8 Å². The number of aldehydes is 1. The van der Waals surface area contributed by atoms with Gasteiger partial charge in [0, 0.05) is 6.08 Å². The van der Waals surface area contributed by atoms with E-state index in [1.165, 1.54) is 13.2 Å². The molecule has 5 heteroatoms. The van der Waals surface area contributed by atoms with Crippen LogP contribution in [0.25, 0.3) is 6.08 Å². The van der Waals surface area contributed by atoms with E-state index < -0.39 is 5.97 Å². The molecule has 0 saturated carbocycles. The maximum absolute atomic E-state index is 12.0. The van der Waals surface area contributed by atoms with Crippen LogP contribution in [0, 0.1) is 0 Å². The largest absolute Gasteiger partial charge is 0.497 e. The normalized spacial score (nSPS) is 10.3. The summed E-state index contributed by atoms with van der Waals surface area (Å²) in [6.45, 7) is 0. The fraction of sp³-hybridized carbons (Fsp3) is 0.111. The summed E-state index contributed by atoms with van der Waals surface area (Å²) in [5, 5.41) is 0. The molecule has 0 aliphatic heterocycles. The van der Waals surface area contributed by atoms with E-state index >= 15 is 0 Å². The van der Waals surface area contributed by atoms with Crippen LogP contribution < -0.4 is 14.2 Å². The Balaban J connectivity index is 2.16. The Kier molecular flexibility index (Phi) is 5.52. The average Bonchev–Trinajstić information content (AvgIpc) is 2.60. The lowest BCUT2D eigenvalue weighted by Crippen LogP contribution is -2.07. The minimum absolute atomic E-state index is 0.102. The average molecular weight is 312 g/mol. The van der Waals surface area contributed by atoms with Crippen LogP contribution in [0.5, 0.6) is 17.2 Å². The van der Waals surface area contributed by atoms with E-state index in [0.717, 1.165) is 5.56 Å². The summed E-state index contributed by atoms with van der Waals surface area (Å²) in [7, 11) is 3.01. The van der Waals surface area contributed by atoms with Crippen molar-refractivity contribution in [1.29, 1.82) is 0 Å². The van der Waals surface area contributed by atoms with Gasteiger partial charge in [0.1, 0.15) is 5.75 Å². The van der Waals surface area contributed by atoms with E-state index in [9.17, 15) is 9.59 Å². The molecule has 0 bridgehead atoms. The summed E-state index contributed by atoms with van der Waals surface area (Å²) in [6, 6.07) is 12.0. The minimum Gasteiger partial charge on any atom is -0.497 e. The number of esters is 1. The quantitative estimate of drug-likeness (QED) is 0.355. The molecule has 5 nitrogen and oxygen atoms in total. The molecule has 0 N–H and O–H groups in total. The van der Waals surface area contributed by atoms with Crippen molar-refractivity contribution in [3.63, 3.8) is 0 Å². The predicted octanol–water partition coefficient (Wildman–Crippen LogP) is 3.14. The molecule has 23 heavy (non-hydrogen) atoms. The molecule has 0 unspecified atom stereocenters. The Hall–Kier alpha value is -3.08. The first-order valence-corrected chi connectivity index (χ1v) is 6.84. The van der Waals surface area contributed by atoms with Crippen molar-refractivity contribution in [3.05, 3.63) is 59.7 Å². The van der Waals surface area contributed by atoms with Crippen molar-refractivity contribution < 1.29 is 23.8 Å². The number of carbonyl (C=O) groups is 2. The first-order chi connectivity index (χ1) is 11.2. The van der Waals surface area contributed by atoms with Crippen LogP contribution in [-0.4, -0.2) is 26.5 Å². The highest BCUT2D eigenvalue weighted by Gasteiger charge is 2.12. The Morgan fingerprint density at radius 2 is 1.83 bits per heavy atom. The second-order valence-electron chi connectivity index (χ2n) is 4.53. The molecule has 0 spiro atoms. The second-order valence-corrected chi connectivity index (χ2v) is 4.53. The SMILES string of the molecule is COc1cccc(/C=C/C(=O)Oc2c(C=O)cccc2OC)c1. The van der Waals surface area contributed by atoms with Crippen LogP contribution in [0.4, 0.5) is 0 Å². The van der Waals surface area contributed by atoms with Gasteiger partial charge >= 0.3 is 5.97 Å². The lowest BCUT2D eigenvalue weighted by atomic mass is 10.2. The molecule has 0 radical (unpaired) electrons. The topological polar surface area (TPSA) is 61.8 Å². The molecule has 0 saturated heterocycles. The standard InChI is InChI=1S/C18H16O5/c1-21-15-7-3-5-13(11-15)9-10-17(20)23-18-14(12-19)6-4-8-16(18)22-2/h3-12H,1-2H3/b10-9+. The molecule has 0 aliphatic carbocycles. The zero-order chi connectivity index (χ0) is 16.7. The number of para-hydroxylation sites is 1. The van der Waals surface area contributed by atoms with Gasteiger partial charge in [0.15, 0.2) is 17.8 Å². The number of ether oxygens (including phenoxy) is 3. The van der Waals surface area contributed by atoms with Gasteiger partial charge in [0.25, 0.3) is 0 Å². The van der Waals surface area contributed by atoms with Crippen molar-refractivity contribution in [1.82, 2.24) is 0 Å². The van der Waals surface area contributed by atoms with Crippen molar-refractivity contribution in [2.45, 2.75) is 0 Å². The van der Waals surface area contributed by atoms with Crippen LogP contribution in [0.1, 0.15) is 15.9 Å². The Bertz CT molecular complexity index is 734. The fourth-order valence-electron chi connectivity index (χ4n) is 1.94. The van der Waals surface area contributed by atoms with E-state index in [4.69, 9.17) is 14.2 Å². The number of benzene rings is 2. The Morgan fingerprint density at radius 1 is 1.04 bits per heavy atom.